The Morgan fingerprint density at radius 3 is 2.72 bits per heavy atom. The molecule has 3 amide bonds. The molecule has 1 fully saturated rings. The van der Waals surface area contributed by atoms with Crippen LogP contribution in [0.5, 0.6) is 0 Å². The van der Waals surface area contributed by atoms with Gasteiger partial charge < -0.3 is 20.0 Å². The van der Waals surface area contributed by atoms with Crippen molar-refractivity contribution in [3.63, 3.8) is 0 Å². The Hall–Kier alpha value is -4.48. The van der Waals surface area contributed by atoms with Crippen molar-refractivity contribution < 1.29 is 18.8 Å². The predicted octanol–water partition coefficient (Wildman–Crippen LogP) is 0.843. The molecular weight excluding hydrogens is 466 g/mol. The summed E-state index contributed by atoms with van der Waals surface area (Å²) < 4.78 is 7.85. The number of nitrogens with zero attached hydrogens (tertiary/aromatic N) is 5. The maximum Gasteiger partial charge on any atom is 0.419 e. The number of aryl methyl sites for hydroxylation is 1. The van der Waals surface area contributed by atoms with Crippen molar-refractivity contribution >= 4 is 34.5 Å². The largest absolute Gasteiger partial charge is 0.419 e. The Morgan fingerprint density at radius 1 is 1.17 bits per heavy atom. The number of rotatable bonds is 6. The van der Waals surface area contributed by atoms with Crippen molar-refractivity contribution in [2.24, 2.45) is 7.05 Å². The predicted molar refractivity (Wildman–Crippen MR) is 128 cm³/mol. The van der Waals surface area contributed by atoms with Crippen LogP contribution in [0.3, 0.4) is 0 Å². The smallest absolute Gasteiger partial charge is 0.408 e. The highest BCUT2D eigenvalue weighted by molar-refractivity contribution is 6.00. The number of fused-ring (bicyclic) bond motifs is 2. The Bertz CT molecular complexity index is 1560. The van der Waals surface area contributed by atoms with E-state index in [0.717, 1.165) is 5.56 Å². The van der Waals surface area contributed by atoms with E-state index in [2.05, 4.69) is 20.7 Å². The molecule has 1 aliphatic heterocycles. The van der Waals surface area contributed by atoms with Crippen LogP contribution in [0.1, 0.15) is 46.8 Å². The molecule has 1 saturated heterocycles. The molecule has 2 N–H and O–H groups in total. The van der Waals surface area contributed by atoms with Gasteiger partial charge in [-0.15, -0.1) is 0 Å². The van der Waals surface area contributed by atoms with Gasteiger partial charge in [-0.1, -0.05) is 6.07 Å². The first-order valence-corrected chi connectivity index (χ1v) is 11.6. The first kappa shape index (κ1) is 23.3. The van der Waals surface area contributed by atoms with Gasteiger partial charge in [-0.3, -0.25) is 19.0 Å². The van der Waals surface area contributed by atoms with E-state index in [1.807, 2.05) is 13.8 Å². The molecule has 1 aliphatic rings. The summed E-state index contributed by atoms with van der Waals surface area (Å²) in [6.45, 7) is 4.60. The zero-order valence-electron chi connectivity index (χ0n) is 20.0. The van der Waals surface area contributed by atoms with Gasteiger partial charge in [0.05, 0.1) is 11.7 Å². The number of amides is 3. The first-order valence-electron chi connectivity index (χ1n) is 11.6. The molecule has 0 radical (unpaired) electrons. The number of aromatic nitrogens is 4. The van der Waals surface area contributed by atoms with Crippen LogP contribution in [0.25, 0.3) is 16.7 Å². The zero-order valence-corrected chi connectivity index (χ0v) is 20.0. The first-order chi connectivity index (χ1) is 17.2. The number of benzene rings is 1. The van der Waals surface area contributed by atoms with Crippen LogP contribution in [0.15, 0.2) is 45.7 Å². The number of hydrogen-bond donors (Lipinski definition) is 2. The van der Waals surface area contributed by atoms with Crippen LogP contribution in [-0.4, -0.2) is 60.4 Å². The maximum absolute atomic E-state index is 13.1. The van der Waals surface area contributed by atoms with Gasteiger partial charge in [0, 0.05) is 38.3 Å². The monoisotopic (exact) mass is 491 g/mol. The van der Waals surface area contributed by atoms with Crippen molar-refractivity contribution in [2.75, 3.05) is 6.54 Å². The second-order valence-corrected chi connectivity index (χ2v) is 8.98. The molecule has 0 bridgehead atoms. The van der Waals surface area contributed by atoms with E-state index in [4.69, 9.17) is 4.42 Å². The minimum Gasteiger partial charge on any atom is -0.408 e. The third-order valence-corrected chi connectivity index (χ3v) is 6.30. The third kappa shape index (κ3) is 4.10. The van der Waals surface area contributed by atoms with Crippen molar-refractivity contribution in [3.8, 4) is 0 Å². The fourth-order valence-electron chi connectivity index (χ4n) is 4.33. The Morgan fingerprint density at radius 2 is 1.97 bits per heavy atom. The molecule has 0 spiro atoms. The molecule has 36 heavy (non-hydrogen) atoms. The van der Waals surface area contributed by atoms with E-state index >= 15 is 0 Å². The molecule has 0 aliphatic carbocycles. The minimum absolute atomic E-state index is 0.0338. The lowest BCUT2D eigenvalue weighted by molar-refractivity contribution is -0.130. The summed E-state index contributed by atoms with van der Waals surface area (Å²) in [6.07, 6.45) is 1.99. The van der Waals surface area contributed by atoms with Crippen molar-refractivity contribution in [2.45, 2.75) is 38.9 Å². The lowest BCUT2D eigenvalue weighted by Gasteiger charge is -2.21. The van der Waals surface area contributed by atoms with Crippen LogP contribution in [-0.2, 0) is 18.4 Å². The van der Waals surface area contributed by atoms with Crippen molar-refractivity contribution in [1.82, 2.24) is 34.7 Å². The molecule has 1 atom stereocenters. The van der Waals surface area contributed by atoms with Crippen LogP contribution >= 0.6 is 0 Å². The summed E-state index contributed by atoms with van der Waals surface area (Å²) in [5.74, 6) is -1.60. The summed E-state index contributed by atoms with van der Waals surface area (Å²) in [4.78, 5) is 56.4. The summed E-state index contributed by atoms with van der Waals surface area (Å²) in [5.41, 5.74) is 2.28. The lowest BCUT2D eigenvalue weighted by atomic mass is 10.2. The molecule has 12 nitrogen and oxygen atoms in total. The zero-order chi connectivity index (χ0) is 25.6. The summed E-state index contributed by atoms with van der Waals surface area (Å²) in [5, 5.41) is 9.70. The van der Waals surface area contributed by atoms with E-state index in [1.165, 1.54) is 21.3 Å². The van der Waals surface area contributed by atoms with Crippen LogP contribution < -0.4 is 16.4 Å². The molecular formula is C24H25N7O5. The second kappa shape index (κ2) is 8.95. The summed E-state index contributed by atoms with van der Waals surface area (Å²) >= 11 is 0. The van der Waals surface area contributed by atoms with Gasteiger partial charge in [-0.05, 0) is 38.0 Å². The third-order valence-electron chi connectivity index (χ3n) is 6.30. The highest BCUT2D eigenvalue weighted by Gasteiger charge is 2.34. The maximum atomic E-state index is 13.1. The average molecular weight is 492 g/mol. The van der Waals surface area contributed by atoms with E-state index in [9.17, 15) is 19.2 Å². The molecule has 4 heterocycles. The lowest BCUT2D eigenvalue weighted by Crippen LogP contribution is -2.43. The van der Waals surface area contributed by atoms with E-state index < -0.39 is 23.6 Å². The van der Waals surface area contributed by atoms with Gasteiger partial charge >= 0.3 is 5.76 Å². The average Bonchev–Trinajstić information content (AvgIpc) is 3.55. The molecule has 1 aromatic carbocycles. The van der Waals surface area contributed by atoms with Crippen LogP contribution in [0.4, 0.5) is 0 Å². The topological polar surface area (TPSA) is 144 Å². The number of carbonyl (C=O) groups is 3. The Balaban J connectivity index is 1.35. The van der Waals surface area contributed by atoms with Gasteiger partial charge in [0.1, 0.15) is 17.4 Å². The normalized spacial score (nSPS) is 15.8. The molecule has 12 heteroatoms. The number of hydrogen-bond acceptors (Lipinski definition) is 7. The van der Waals surface area contributed by atoms with E-state index in [1.54, 1.807) is 36.2 Å². The van der Waals surface area contributed by atoms with Gasteiger partial charge in [0.2, 0.25) is 5.91 Å². The summed E-state index contributed by atoms with van der Waals surface area (Å²) in [6, 6.07) is 7.53. The van der Waals surface area contributed by atoms with Crippen molar-refractivity contribution in [1.29, 1.82) is 0 Å². The molecule has 3 aromatic heterocycles. The quantitative estimate of drug-likeness (QED) is 0.407. The van der Waals surface area contributed by atoms with E-state index in [0.29, 0.717) is 29.7 Å². The van der Waals surface area contributed by atoms with Gasteiger partial charge in [0.15, 0.2) is 11.2 Å². The number of likely N-dealkylation sites (tertiary alicyclic amines) is 1. The standard InChI is InChI=1S/C24H25N7O5/c1-13(2)30-9-7-15(23(30)34)28-22(33)18-11-16(27-20-6-8-26-31(18)20)21(32)25-12-14-4-5-19-17(10-14)29(3)24(35)36-19/h4-6,8,10-11,13,15H,7,9,12H2,1-3H3,(H,25,32)(H,28,33)/t15-/m0/s1. The van der Waals surface area contributed by atoms with Crippen LogP contribution in [0.2, 0.25) is 0 Å². The fraction of sp³-hybridized carbons (Fsp3) is 0.333. The Kier molecular flexibility index (Phi) is 5.78. The number of carbonyl (C=O) groups excluding carboxylic acids is 3. The highest BCUT2D eigenvalue weighted by Crippen LogP contribution is 2.17. The van der Waals surface area contributed by atoms with Crippen molar-refractivity contribution in [3.05, 3.63) is 64.0 Å². The number of nitrogens with one attached hydrogen (secondary N) is 2. The molecule has 0 unspecified atom stereocenters. The van der Waals surface area contributed by atoms with Gasteiger partial charge in [0.25, 0.3) is 11.8 Å². The molecule has 4 aromatic rings. The molecule has 0 saturated carbocycles. The Labute approximate surface area is 204 Å². The van der Waals surface area contributed by atoms with E-state index in [-0.39, 0.29) is 29.9 Å². The van der Waals surface area contributed by atoms with Crippen LogP contribution in [0, 0.1) is 0 Å². The minimum atomic E-state index is -0.634. The summed E-state index contributed by atoms with van der Waals surface area (Å²) in [7, 11) is 1.60. The van der Waals surface area contributed by atoms with Gasteiger partial charge in [-0.2, -0.15) is 5.10 Å². The molecule has 5 rings (SSSR count). The number of oxazole rings is 1. The molecule has 186 valence electrons. The SMILES string of the molecule is CC(C)N1CC[C@H](NC(=O)c2cc(C(=O)NCc3ccc4oc(=O)n(C)c4c3)nc3ccnn23)C1=O. The second-order valence-electron chi connectivity index (χ2n) is 8.98. The highest BCUT2D eigenvalue weighted by atomic mass is 16.4. The fourth-order valence-corrected chi connectivity index (χ4v) is 4.33. The van der Waals surface area contributed by atoms with Gasteiger partial charge in [-0.25, -0.2) is 14.3 Å².